The first kappa shape index (κ1) is 41.8. The molecule has 0 fully saturated rings. The normalized spacial score (nSPS) is 12.9. The Morgan fingerprint density at radius 2 is 1.55 bits per heavy atom. The third kappa shape index (κ3) is 8.42. The fraction of sp³-hybridized carbons (Fsp3) is 0.367. The minimum absolute atomic E-state index is 0. The molecule has 1 aliphatic carbocycles. The maximum Gasteiger partial charge on any atom is 0.164 e. The molecule has 3 aromatic heterocycles. The van der Waals surface area contributed by atoms with Crippen LogP contribution in [0.5, 0.6) is 0 Å². The van der Waals surface area contributed by atoms with Crippen LogP contribution < -0.4 is 0 Å². The van der Waals surface area contributed by atoms with Crippen LogP contribution in [0.3, 0.4) is 0 Å². The average Bonchev–Trinajstić information content (AvgIpc) is 3.60. The maximum atomic E-state index is 12.2. The monoisotopic (exact) mass is 912 g/mol. The molecule has 6 aromatic rings. The number of nitrogens with zero attached hydrogens (tertiary/aromatic N) is 2. The molecule has 0 amide bonds. The summed E-state index contributed by atoms with van der Waals surface area (Å²) in [5, 5.41) is 13.5. The van der Waals surface area contributed by atoms with E-state index < -0.39 is 0 Å². The van der Waals surface area contributed by atoms with Gasteiger partial charge in [0.15, 0.2) is 5.78 Å². The molecule has 6 heteroatoms. The third-order valence-electron chi connectivity index (χ3n) is 12.0. The van der Waals surface area contributed by atoms with Crippen LogP contribution in [0.2, 0.25) is 0 Å². The van der Waals surface area contributed by atoms with Gasteiger partial charge in [-0.25, -0.2) is 0 Å². The van der Waals surface area contributed by atoms with Crippen molar-refractivity contribution < 1.29 is 34.4 Å². The molecule has 0 aliphatic heterocycles. The first-order valence-corrected chi connectivity index (χ1v) is 19.8. The Bertz CT molecular complexity index is 2290. The number of pyridine rings is 2. The second kappa shape index (κ2) is 17.6. The Kier molecular flexibility index (Phi) is 13.4. The van der Waals surface area contributed by atoms with Gasteiger partial charge in [0.25, 0.3) is 0 Å². The zero-order chi connectivity index (χ0) is 38.6. The molecule has 289 valence electrons. The fourth-order valence-electron chi connectivity index (χ4n) is 7.53. The van der Waals surface area contributed by atoms with Crippen molar-refractivity contribution in [3.8, 4) is 33.5 Å². The van der Waals surface area contributed by atoms with Crippen LogP contribution >= 0.6 is 0 Å². The third-order valence-corrected chi connectivity index (χ3v) is 12.0. The topological polar surface area (TPSA) is 76.2 Å². The van der Waals surface area contributed by atoms with Gasteiger partial charge in [0.05, 0.1) is 0 Å². The number of aliphatic hydroxyl groups excluding tert-OH is 1. The summed E-state index contributed by atoms with van der Waals surface area (Å²) in [6.07, 6.45) is 13.6. The SMILES string of the molecule is CC(C)Cc1cncc2c1CCc1oc3c(-c4[c-]c5ccccc5c(-c5ccccc5)c4)nccc3c1-2.CCC(C)(CC)C(=O)/C=C(\O)C(C)(CC)CC.[Ir]. The summed E-state index contributed by atoms with van der Waals surface area (Å²) in [7, 11) is 0. The van der Waals surface area contributed by atoms with Gasteiger partial charge in [0.1, 0.15) is 17.1 Å². The molecule has 3 heterocycles. The first-order chi connectivity index (χ1) is 26.0. The quantitative estimate of drug-likeness (QED) is 0.0796. The zero-order valence-corrected chi connectivity index (χ0v) is 36.1. The van der Waals surface area contributed by atoms with Gasteiger partial charge >= 0.3 is 0 Å². The van der Waals surface area contributed by atoms with Crippen molar-refractivity contribution >= 4 is 27.5 Å². The van der Waals surface area contributed by atoms with Crippen LogP contribution in [0.4, 0.5) is 0 Å². The average molecular weight is 912 g/mol. The summed E-state index contributed by atoms with van der Waals surface area (Å²) in [6, 6.07) is 26.9. The Labute approximate surface area is 341 Å². The van der Waals surface area contributed by atoms with Gasteiger partial charge < -0.3 is 9.52 Å². The molecule has 5 nitrogen and oxygen atoms in total. The molecule has 7 rings (SSSR count). The molecule has 0 spiro atoms. The summed E-state index contributed by atoms with van der Waals surface area (Å²) in [5.41, 5.74) is 9.53. The molecule has 0 atom stereocenters. The van der Waals surface area contributed by atoms with Gasteiger partial charge in [-0.2, -0.15) is 0 Å². The van der Waals surface area contributed by atoms with Crippen molar-refractivity contribution in [3.63, 3.8) is 0 Å². The van der Waals surface area contributed by atoms with Crippen molar-refractivity contribution in [2.24, 2.45) is 16.7 Å². The van der Waals surface area contributed by atoms with Crippen molar-refractivity contribution in [1.82, 2.24) is 9.97 Å². The number of aliphatic hydroxyl groups is 1. The Balaban J connectivity index is 0.000000276. The molecule has 55 heavy (non-hydrogen) atoms. The van der Waals surface area contributed by atoms with Crippen LogP contribution in [0, 0.1) is 22.8 Å². The van der Waals surface area contributed by atoms with E-state index in [1.165, 1.54) is 44.8 Å². The number of fused-ring (bicyclic) bond motifs is 6. The molecular weight excluding hydrogens is 857 g/mol. The van der Waals surface area contributed by atoms with E-state index in [0.717, 1.165) is 78.3 Å². The van der Waals surface area contributed by atoms with Crippen LogP contribution in [-0.4, -0.2) is 20.9 Å². The van der Waals surface area contributed by atoms with Gasteiger partial charge in [-0.15, -0.1) is 23.6 Å². The summed E-state index contributed by atoms with van der Waals surface area (Å²) in [5.74, 6) is 1.91. The second-order valence-corrected chi connectivity index (χ2v) is 15.8. The first-order valence-electron chi connectivity index (χ1n) is 19.8. The molecule has 3 aromatic carbocycles. The number of aryl methyl sites for hydroxylation is 1. The van der Waals surface area contributed by atoms with E-state index in [4.69, 9.17) is 9.40 Å². The number of rotatable bonds is 11. The Morgan fingerprint density at radius 1 is 0.873 bits per heavy atom. The Morgan fingerprint density at radius 3 is 2.22 bits per heavy atom. The van der Waals surface area contributed by atoms with Crippen LogP contribution in [0.25, 0.3) is 55.3 Å². The van der Waals surface area contributed by atoms with Crippen molar-refractivity contribution in [2.75, 3.05) is 0 Å². The smallest absolute Gasteiger partial charge is 0.164 e. The van der Waals surface area contributed by atoms with E-state index in [1.807, 2.05) is 60.1 Å². The summed E-state index contributed by atoms with van der Waals surface area (Å²) >= 11 is 0. The van der Waals surface area contributed by atoms with Crippen LogP contribution in [-0.2, 0) is 44.2 Å². The number of benzene rings is 3. The molecule has 0 saturated carbocycles. The summed E-state index contributed by atoms with van der Waals surface area (Å²) < 4.78 is 6.60. The number of aromatic nitrogens is 2. The van der Waals surface area contributed by atoms with Gasteiger partial charge in [0, 0.05) is 84.2 Å². The molecule has 0 bridgehead atoms. The van der Waals surface area contributed by atoms with Gasteiger partial charge in [-0.3, -0.25) is 14.8 Å². The van der Waals surface area contributed by atoms with Crippen molar-refractivity contribution in [1.29, 1.82) is 0 Å². The fourth-order valence-corrected chi connectivity index (χ4v) is 7.53. The predicted molar refractivity (Wildman–Crippen MR) is 224 cm³/mol. The van der Waals surface area contributed by atoms with E-state index >= 15 is 0 Å². The summed E-state index contributed by atoms with van der Waals surface area (Å²) in [6.45, 7) is 16.6. The number of hydrogen-bond acceptors (Lipinski definition) is 5. The molecule has 1 N–H and O–H groups in total. The van der Waals surface area contributed by atoms with Crippen molar-refractivity contribution in [2.45, 2.75) is 100 Å². The number of furan rings is 1. The van der Waals surface area contributed by atoms with Crippen LogP contribution in [0.1, 0.15) is 98.0 Å². The van der Waals surface area contributed by atoms with Gasteiger partial charge in [0.2, 0.25) is 0 Å². The largest absolute Gasteiger partial charge is 0.512 e. The van der Waals surface area contributed by atoms with E-state index in [9.17, 15) is 9.90 Å². The number of ketones is 1. The van der Waals surface area contributed by atoms with E-state index in [0.29, 0.717) is 5.92 Å². The maximum absolute atomic E-state index is 12.2. The minimum Gasteiger partial charge on any atom is -0.512 e. The van der Waals surface area contributed by atoms with E-state index in [-0.39, 0.29) is 42.5 Å². The zero-order valence-electron chi connectivity index (χ0n) is 33.7. The van der Waals surface area contributed by atoms with Gasteiger partial charge in [-0.1, -0.05) is 120 Å². The van der Waals surface area contributed by atoms with E-state index in [1.54, 1.807) is 0 Å². The second-order valence-electron chi connectivity index (χ2n) is 15.8. The molecule has 1 aliphatic rings. The number of hydrogen-bond donors (Lipinski definition) is 1. The molecule has 1 radical (unpaired) electrons. The molecule has 0 unspecified atom stereocenters. The molecule has 0 saturated heterocycles. The number of allylic oxidation sites excluding steroid dienone is 2. The Hall–Kier alpha value is -4.38. The standard InChI is InChI=1S/C34H27N2O.C15H28O2.Ir/c1-21(2)16-25-19-35-20-30-27(25)12-13-31-32(30)28-14-15-36-33(34(28)37-31)24-17-23-10-6-7-11-26(23)29(18-24)22-8-4-3-5-9-22;1-7-14(5,8-2)12(16)11-13(17)15(6,9-3)10-4;/h3-11,14-15,18-21H,12-13,16H2,1-2H3;11,16H,7-10H2,1-6H3;/q-1;;/b;12-11-;. The number of carbonyl (C=O) groups excluding carboxylic acids is 1. The predicted octanol–water partition coefficient (Wildman–Crippen LogP) is 13.1. The molecular formula is C49H55IrN2O3-. The number of carbonyl (C=O) groups is 1. The summed E-state index contributed by atoms with van der Waals surface area (Å²) in [4.78, 5) is 21.6. The van der Waals surface area contributed by atoms with Crippen LogP contribution in [0.15, 0.2) is 102 Å². The van der Waals surface area contributed by atoms with Crippen molar-refractivity contribution in [3.05, 3.63) is 120 Å². The minimum atomic E-state index is -0.337. The van der Waals surface area contributed by atoms with E-state index in [2.05, 4.69) is 91.6 Å². The van der Waals surface area contributed by atoms with Gasteiger partial charge in [-0.05, 0) is 67.2 Å².